The number of benzene rings is 2. The molecule has 0 saturated carbocycles. The average Bonchev–Trinajstić information content (AvgIpc) is 3.34. The van der Waals surface area contributed by atoms with Crippen LogP contribution in [0.25, 0.3) is 11.4 Å². The second-order valence-electron chi connectivity index (χ2n) is 8.51. The van der Waals surface area contributed by atoms with Crippen molar-refractivity contribution in [3.8, 4) is 22.9 Å². The van der Waals surface area contributed by atoms with E-state index in [0.29, 0.717) is 22.3 Å². The Morgan fingerprint density at radius 1 is 1.10 bits per heavy atom. The summed E-state index contributed by atoms with van der Waals surface area (Å²) in [5, 5.41) is 11.9. The van der Waals surface area contributed by atoms with Crippen LogP contribution < -0.4 is 14.8 Å². The van der Waals surface area contributed by atoms with Gasteiger partial charge in [0.25, 0.3) is 0 Å². The SMILES string of the molecule is CC(Sc1nnc(-c2ccc(C(C)(C)C)cc2)n1C)C(=O)Nc1ccc2c(c1)OCO2. The van der Waals surface area contributed by atoms with Crippen LogP contribution in [-0.2, 0) is 17.3 Å². The summed E-state index contributed by atoms with van der Waals surface area (Å²) in [7, 11) is 1.91. The quantitative estimate of drug-likeness (QED) is 0.585. The number of carbonyl (C=O) groups is 1. The molecule has 4 rings (SSSR count). The van der Waals surface area contributed by atoms with Crippen molar-refractivity contribution in [2.45, 2.75) is 43.5 Å². The summed E-state index contributed by atoms with van der Waals surface area (Å²) in [5.74, 6) is 1.96. The number of amides is 1. The Bertz CT molecular complexity index is 1100. The third-order valence-electron chi connectivity index (χ3n) is 5.14. The number of rotatable bonds is 5. The number of anilines is 1. The van der Waals surface area contributed by atoms with Crippen molar-refractivity contribution >= 4 is 23.4 Å². The maximum atomic E-state index is 12.7. The number of hydrogen-bond acceptors (Lipinski definition) is 6. The molecule has 0 aliphatic carbocycles. The van der Waals surface area contributed by atoms with Gasteiger partial charge in [0.2, 0.25) is 12.7 Å². The summed E-state index contributed by atoms with van der Waals surface area (Å²) in [6.45, 7) is 8.62. The highest BCUT2D eigenvalue weighted by Crippen LogP contribution is 2.34. The summed E-state index contributed by atoms with van der Waals surface area (Å²) in [4.78, 5) is 12.7. The summed E-state index contributed by atoms with van der Waals surface area (Å²) >= 11 is 1.37. The first-order valence-electron chi connectivity index (χ1n) is 10.1. The fraction of sp³-hybridized carbons (Fsp3) is 0.348. The molecule has 2 aromatic carbocycles. The van der Waals surface area contributed by atoms with Crippen molar-refractivity contribution in [2.75, 3.05) is 12.1 Å². The molecule has 0 radical (unpaired) electrons. The molecule has 162 valence electrons. The number of aromatic nitrogens is 3. The highest BCUT2D eigenvalue weighted by atomic mass is 32.2. The Morgan fingerprint density at radius 3 is 2.52 bits per heavy atom. The minimum atomic E-state index is -0.357. The predicted molar refractivity (Wildman–Crippen MR) is 122 cm³/mol. The normalized spacial score (nSPS) is 13.8. The second-order valence-corrected chi connectivity index (χ2v) is 9.82. The molecular weight excluding hydrogens is 412 g/mol. The van der Waals surface area contributed by atoms with E-state index in [-0.39, 0.29) is 23.4 Å². The lowest BCUT2D eigenvalue weighted by molar-refractivity contribution is -0.115. The number of nitrogens with zero attached hydrogens (tertiary/aromatic N) is 3. The average molecular weight is 439 g/mol. The van der Waals surface area contributed by atoms with Crippen LogP contribution in [-0.4, -0.2) is 32.7 Å². The largest absolute Gasteiger partial charge is 0.454 e. The Balaban J connectivity index is 1.43. The molecule has 31 heavy (non-hydrogen) atoms. The molecule has 0 saturated heterocycles. The third kappa shape index (κ3) is 4.54. The van der Waals surface area contributed by atoms with E-state index in [1.54, 1.807) is 18.2 Å². The van der Waals surface area contributed by atoms with E-state index in [2.05, 4.69) is 60.6 Å². The molecule has 3 aromatic rings. The molecule has 0 fully saturated rings. The lowest BCUT2D eigenvalue weighted by Gasteiger charge is -2.19. The molecule has 1 aliphatic rings. The Morgan fingerprint density at radius 2 is 1.81 bits per heavy atom. The lowest BCUT2D eigenvalue weighted by atomic mass is 9.87. The van der Waals surface area contributed by atoms with Crippen LogP contribution in [0.4, 0.5) is 5.69 Å². The van der Waals surface area contributed by atoms with Crippen molar-refractivity contribution in [1.29, 1.82) is 0 Å². The van der Waals surface area contributed by atoms with Crippen molar-refractivity contribution in [1.82, 2.24) is 14.8 Å². The van der Waals surface area contributed by atoms with E-state index in [1.807, 2.05) is 18.5 Å². The first kappa shape index (κ1) is 21.2. The van der Waals surface area contributed by atoms with E-state index >= 15 is 0 Å². The van der Waals surface area contributed by atoms with Crippen LogP contribution in [0.2, 0.25) is 0 Å². The fourth-order valence-corrected chi connectivity index (χ4v) is 4.03. The number of nitrogens with one attached hydrogen (secondary N) is 1. The number of thioether (sulfide) groups is 1. The number of ether oxygens (including phenoxy) is 2. The molecule has 1 aliphatic heterocycles. The monoisotopic (exact) mass is 438 g/mol. The molecule has 1 unspecified atom stereocenters. The van der Waals surface area contributed by atoms with Gasteiger partial charge in [-0.25, -0.2) is 0 Å². The van der Waals surface area contributed by atoms with Gasteiger partial charge in [-0.3, -0.25) is 4.79 Å². The van der Waals surface area contributed by atoms with Crippen LogP contribution in [0.15, 0.2) is 47.6 Å². The van der Waals surface area contributed by atoms with Gasteiger partial charge < -0.3 is 19.4 Å². The zero-order valence-corrected chi connectivity index (χ0v) is 19.1. The van der Waals surface area contributed by atoms with Crippen molar-refractivity contribution < 1.29 is 14.3 Å². The molecule has 7 nitrogen and oxygen atoms in total. The molecule has 0 bridgehead atoms. The van der Waals surface area contributed by atoms with Crippen LogP contribution in [0, 0.1) is 0 Å². The van der Waals surface area contributed by atoms with E-state index in [9.17, 15) is 4.79 Å². The van der Waals surface area contributed by atoms with Gasteiger partial charge in [-0.1, -0.05) is 56.8 Å². The number of carbonyl (C=O) groups excluding carboxylic acids is 1. The van der Waals surface area contributed by atoms with Crippen LogP contribution in [0.5, 0.6) is 11.5 Å². The molecule has 8 heteroatoms. The standard InChI is InChI=1S/C23H26N4O3S/c1-14(21(28)24-17-10-11-18-19(12-17)30-13-29-18)31-22-26-25-20(27(22)5)15-6-8-16(9-7-15)23(2,3)4/h6-12,14H,13H2,1-5H3,(H,24,28). The number of hydrogen-bond donors (Lipinski definition) is 1. The molecule has 2 heterocycles. The van der Waals surface area contributed by atoms with E-state index in [1.165, 1.54) is 17.3 Å². The molecule has 1 aromatic heterocycles. The van der Waals surface area contributed by atoms with Crippen LogP contribution in [0.1, 0.15) is 33.3 Å². The Kier molecular flexibility index (Phi) is 5.66. The Labute approximate surface area is 186 Å². The zero-order valence-electron chi connectivity index (χ0n) is 18.3. The third-order valence-corrected chi connectivity index (χ3v) is 6.27. The lowest BCUT2D eigenvalue weighted by Crippen LogP contribution is -2.22. The first-order chi connectivity index (χ1) is 14.7. The van der Waals surface area contributed by atoms with Crippen molar-refractivity contribution in [2.24, 2.45) is 7.05 Å². The molecule has 0 spiro atoms. The summed E-state index contributed by atoms with van der Waals surface area (Å²) < 4.78 is 12.6. The molecular formula is C23H26N4O3S. The van der Waals surface area contributed by atoms with E-state index < -0.39 is 0 Å². The van der Waals surface area contributed by atoms with Gasteiger partial charge in [-0.05, 0) is 30.0 Å². The van der Waals surface area contributed by atoms with E-state index in [4.69, 9.17) is 9.47 Å². The van der Waals surface area contributed by atoms with Crippen LogP contribution >= 0.6 is 11.8 Å². The minimum Gasteiger partial charge on any atom is -0.454 e. The van der Waals surface area contributed by atoms with Gasteiger partial charge in [0.1, 0.15) is 0 Å². The van der Waals surface area contributed by atoms with Gasteiger partial charge in [0.15, 0.2) is 22.5 Å². The van der Waals surface area contributed by atoms with E-state index in [0.717, 1.165) is 11.4 Å². The predicted octanol–water partition coefficient (Wildman–Crippen LogP) is 4.63. The summed E-state index contributed by atoms with van der Waals surface area (Å²) in [6.07, 6.45) is 0. The minimum absolute atomic E-state index is 0.0974. The number of fused-ring (bicyclic) bond motifs is 1. The first-order valence-corrected chi connectivity index (χ1v) is 11.0. The summed E-state index contributed by atoms with van der Waals surface area (Å²) in [5.41, 5.74) is 3.02. The smallest absolute Gasteiger partial charge is 0.237 e. The van der Waals surface area contributed by atoms with Gasteiger partial charge in [-0.2, -0.15) is 0 Å². The highest BCUT2D eigenvalue weighted by Gasteiger charge is 2.21. The topological polar surface area (TPSA) is 78.3 Å². The van der Waals surface area contributed by atoms with Crippen molar-refractivity contribution in [3.05, 3.63) is 48.0 Å². The zero-order chi connectivity index (χ0) is 22.2. The fourth-order valence-electron chi connectivity index (χ4n) is 3.22. The van der Waals surface area contributed by atoms with Gasteiger partial charge in [0.05, 0.1) is 5.25 Å². The molecule has 1 N–H and O–H groups in total. The van der Waals surface area contributed by atoms with Gasteiger partial charge in [0, 0.05) is 24.4 Å². The van der Waals surface area contributed by atoms with Crippen LogP contribution in [0.3, 0.4) is 0 Å². The molecule has 1 atom stereocenters. The second kappa shape index (κ2) is 8.26. The van der Waals surface area contributed by atoms with Crippen molar-refractivity contribution in [3.63, 3.8) is 0 Å². The van der Waals surface area contributed by atoms with Gasteiger partial charge >= 0.3 is 0 Å². The maximum absolute atomic E-state index is 12.7. The van der Waals surface area contributed by atoms with Gasteiger partial charge in [-0.15, -0.1) is 10.2 Å². The Hall–Kier alpha value is -3.00. The molecule has 1 amide bonds. The summed E-state index contributed by atoms with van der Waals surface area (Å²) in [6, 6.07) is 13.7. The maximum Gasteiger partial charge on any atom is 0.237 e. The highest BCUT2D eigenvalue weighted by molar-refractivity contribution is 8.00.